The second kappa shape index (κ2) is 10.3. The Hall–Kier alpha value is -1.73. The van der Waals surface area contributed by atoms with E-state index in [0.29, 0.717) is 12.0 Å². The summed E-state index contributed by atoms with van der Waals surface area (Å²) in [5.74, 6) is 1.49. The van der Waals surface area contributed by atoms with Crippen LogP contribution in [0.4, 0.5) is 5.82 Å². The van der Waals surface area contributed by atoms with Gasteiger partial charge in [-0.15, -0.1) is 0 Å². The summed E-state index contributed by atoms with van der Waals surface area (Å²) >= 11 is 0. The Morgan fingerprint density at radius 3 is 2.45 bits per heavy atom. The van der Waals surface area contributed by atoms with Gasteiger partial charge in [0.25, 0.3) is 0 Å². The lowest BCUT2D eigenvalue weighted by Crippen LogP contribution is -2.49. The van der Waals surface area contributed by atoms with Crippen molar-refractivity contribution in [3.63, 3.8) is 0 Å². The molecule has 2 aromatic rings. The van der Waals surface area contributed by atoms with Gasteiger partial charge in [-0.3, -0.25) is 9.80 Å². The van der Waals surface area contributed by atoms with Crippen molar-refractivity contribution in [2.45, 2.75) is 66.5 Å². The maximum atomic E-state index is 4.91. The zero-order valence-corrected chi connectivity index (χ0v) is 19.0. The molecule has 1 aliphatic heterocycles. The number of aryl methyl sites for hydroxylation is 1. The van der Waals surface area contributed by atoms with Crippen LogP contribution in [0.1, 0.15) is 53.2 Å². The Labute approximate surface area is 175 Å². The van der Waals surface area contributed by atoms with Gasteiger partial charge in [0.05, 0.1) is 11.1 Å². The van der Waals surface area contributed by atoms with Crippen molar-refractivity contribution in [2.75, 3.05) is 44.6 Å². The van der Waals surface area contributed by atoms with Crippen LogP contribution in [0.2, 0.25) is 0 Å². The molecular formula is C22H39N7. The molecule has 1 N–H and O–H groups in total. The molecule has 7 heteroatoms. The van der Waals surface area contributed by atoms with E-state index in [0.717, 1.165) is 87.6 Å². The van der Waals surface area contributed by atoms with E-state index in [1.54, 1.807) is 6.33 Å². The van der Waals surface area contributed by atoms with Crippen LogP contribution in [0, 0.1) is 5.92 Å². The summed E-state index contributed by atoms with van der Waals surface area (Å²) in [7, 11) is 0. The SMILES string of the molecule is CCCCn1nc(CC(C)C)c2c(NCCN3CCN(C(C)C)CC3)ncnc21. The average molecular weight is 402 g/mol. The fraction of sp³-hybridized carbons (Fsp3) is 0.773. The highest BCUT2D eigenvalue weighted by Crippen LogP contribution is 2.25. The van der Waals surface area contributed by atoms with E-state index in [-0.39, 0.29) is 0 Å². The molecular weight excluding hydrogens is 362 g/mol. The summed E-state index contributed by atoms with van der Waals surface area (Å²) in [5, 5.41) is 9.61. The highest BCUT2D eigenvalue weighted by Gasteiger charge is 2.20. The summed E-state index contributed by atoms with van der Waals surface area (Å²) in [6.07, 6.45) is 4.90. The first kappa shape index (κ1) is 22.0. The lowest BCUT2D eigenvalue weighted by Gasteiger charge is -2.36. The third-order valence-electron chi connectivity index (χ3n) is 5.78. The first-order chi connectivity index (χ1) is 14.0. The first-order valence-corrected chi connectivity index (χ1v) is 11.4. The Bertz CT molecular complexity index is 760. The Morgan fingerprint density at radius 1 is 1.03 bits per heavy atom. The number of nitrogens with zero attached hydrogens (tertiary/aromatic N) is 6. The van der Waals surface area contributed by atoms with Gasteiger partial charge >= 0.3 is 0 Å². The molecule has 0 atom stereocenters. The number of fused-ring (bicyclic) bond motifs is 1. The van der Waals surface area contributed by atoms with Gasteiger partial charge in [0.2, 0.25) is 0 Å². The summed E-state index contributed by atoms with van der Waals surface area (Å²) in [6, 6.07) is 0.646. The molecule has 1 fully saturated rings. The molecule has 0 unspecified atom stereocenters. The van der Waals surface area contributed by atoms with Gasteiger partial charge in [-0.05, 0) is 32.6 Å². The zero-order valence-electron chi connectivity index (χ0n) is 19.0. The van der Waals surface area contributed by atoms with E-state index >= 15 is 0 Å². The van der Waals surface area contributed by atoms with Crippen molar-refractivity contribution in [2.24, 2.45) is 5.92 Å². The number of hydrogen-bond acceptors (Lipinski definition) is 6. The number of hydrogen-bond donors (Lipinski definition) is 1. The van der Waals surface area contributed by atoms with Crippen molar-refractivity contribution in [1.82, 2.24) is 29.5 Å². The summed E-state index contributed by atoms with van der Waals surface area (Å²) in [5.41, 5.74) is 2.09. The van der Waals surface area contributed by atoms with Crippen LogP contribution in [0.5, 0.6) is 0 Å². The van der Waals surface area contributed by atoms with Gasteiger partial charge < -0.3 is 5.32 Å². The van der Waals surface area contributed by atoms with E-state index in [4.69, 9.17) is 5.10 Å². The highest BCUT2D eigenvalue weighted by molar-refractivity contribution is 5.89. The van der Waals surface area contributed by atoms with Gasteiger partial charge in [0.1, 0.15) is 12.1 Å². The van der Waals surface area contributed by atoms with Gasteiger partial charge in [-0.1, -0.05) is 27.2 Å². The molecule has 0 spiro atoms. The van der Waals surface area contributed by atoms with Gasteiger partial charge in [0.15, 0.2) is 5.65 Å². The normalized spacial score (nSPS) is 16.4. The fourth-order valence-corrected chi connectivity index (χ4v) is 4.04. The van der Waals surface area contributed by atoms with E-state index in [9.17, 15) is 0 Å². The van der Waals surface area contributed by atoms with E-state index < -0.39 is 0 Å². The lowest BCUT2D eigenvalue weighted by atomic mass is 10.1. The monoisotopic (exact) mass is 401 g/mol. The Kier molecular flexibility index (Phi) is 7.84. The molecule has 0 saturated carbocycles. The van der Waals surface area contributed by atoms with Gasteiger partial charge in [-0.2, -0.15) is 5.10 Å². The molecule has 1 aliphatic rings. The van der Waals surface area contributed by atoms with E-state index in [1.807, 2.05) is 0 Å². The molecule has 1 saturated heterocycles. The number of unbranched alkanes of at least 4 members (excludes halogenated alkanes) is 1. The fourth-order valence-electron chi connectivity index (χ4n) is 4.04. The minimum absolute atomic E-state index is 0.554. The molecule has 2 aromatic heterocycles. The smallest absolute Gasteiger partial charge is 0.163 e. The van der Waals surface area contributed by atoms with Crippen molar-refractivity contribution >= 4 is 16.9 Å². The number of rotatable bonds is 10. The number of piperazine rings is 1. The molecule has 3 rings (SSSR count). The second-order valence-electron chi connectivity index (χ2n) is 8.94. The minimum atomic E-state index is 0.554. The Morgan fingerprint density at radius 2 is 1.79 bits per heavy atom. The predicted molar refractivity (Wildman–Crippen MR) is 120 cm³/mol. The van der Waals surface area contributed by atoms with Crippen LogP contribution in [0.15, 0.2) is 6.33 Å². The first-order valence-electron chi connectivity index (χ1n) is 11.4. The lowest BCUT2D eigenvalue weighted by molar-refractivity contribution is 0.111. The topological polar surface area (TPSA) is 62.1 Å². The van der Waals surface area contributed by atoms with Crippen molar-refractivity contribution in [3.05, 3.63) is 12.0 Å². The molecule has 0 aromatic carbocycles. The summed E-state index contributed by atoms with van der Waals surface area (Å²) in [4.78, 5) is 14.3. The third-order valence-corrected chi connectivity index (χ3v) is 5.78. The van der Waals surface area contributed by atoms with Crippen LogP contribution >= 0.6 is 0 Å². The number of anilines is 1. The maximum absolute atomic E-state index is 4.91. The molecule has 0 amide bonds. The summed E-state index contributed by atoms with van der Waals surface area (Å²) in [6.45, 7) is 18.7. The molecule has 0 bridgehead atoms. The van der Waals surface area contributed by atoms with Crippen LogP contribution in [0.25, 0.3) is 11.0 Å². The van der Waals surface area contributed by atoms with Crippen LogP contribution in [0.3, 0.4) is 0 Å². The predicted octanol–water partition coefficient (Wildman–Crippen LogP) is 3.26. The van der Waals surface area contributed by atoms with Crippen molar-refractivity contribution in [3.8, 4) is 0 Å². The van der Waals surface area contributed by atoms with Crippen molar-refractivity contribution < 1.29 is 0 Å². The molecule has 0 radical (unpaired) electrons. The third kappa shape index (κ3) is 5.66. The van der Waals surface area contributed by atoms with Gasteiger partial charge in [0, 0.05) is 51.9 Å². The van der Waals surface area contributed by atoms with E-state index in [2.05, 4.69) is 64.4 Å². The zero-order chi connectivity index (χ0) is 20.8. The number of aromatic nitrogens is 4. The molecule has 162 valence electrons. The standard InChI is InChI=1S/C22H39N7/c1-6-7-9-29-22-20(19(26-29)15-17(2)3)21(24-16-25-22)23-8-10-27-11-13-28(14-12-27)18(4)5/h16-18H,6-15H2,1-5H3,(H,23,24,25). The minimum Gasteiger partial charge on any atom is -0.368 e. The van der Waals surface area contributed by atoms with Crippen molar-refractivity contribution in [1.29, 1.82) is 0 Å². The summed E-state index contributed by atoms with van der Waals surface area (Å²) < 4.78 is 2.08. The quantitative estimate of drug-likeness (QED) is 0.659. The average Bonchev–Trinajstić information content (AvgIpc) is 3.04. The molecule has 29 heavy (non-hydrogen) atoms. The number of nitrogens with one attached hydrogen (secondary N) is 1. The largest absolute Gasteiger partial charge is 0.368 e. The van der Waals surface area contributed by atoms with Crippen LogP contribution < -0.4 is 5.32 Å². The highest BCUT2D eigenvalue weighted by atomic mass is 15.3. The molecule has 7 nitrogen and oxygen atoms in total. The second-order valence-corrected chi connectivity index (χ2v) is 8.94. The Balaban J connectivity index is 1.68. The molecule has 3 heterocycles. The van der Waals surface area contributed by atoms with Gasteiger partial charge in [-0.25, -0.2) is 14.6 Å². The molecule has 0 aliphatic carbocycles. The van der Waals surface area contributed by atoms with E-state index in [1.165, 1.54) is 0 Å². The maximum Gasteiger partial charge on any atom is 0.163 e. The van der Waals surface area contributed by atoms with Crippen LogP contribution in [-0.2, 0) is 13.0 Å². The van der Waals surface area contributed by atoms with Crippen LogP contribution in [-0.4, -0.2) is 74.9 Å².